The van der Waals surface area contributed by atoms with E-state index in [1.54, 1.807) is 0 Å². The van der Waals surface area contributed by atoms with Crippen LogP contribution >= 0.6 is 22.6 Å². The number of hydrogen-bond donors (Lipinski definition) is 1. The summed E-state index contributed by atoms with van der Waals surface area (Å²) in [6.07, 6.45) is 0.846. The molecule has 0 unspecified atom stereocenters. The summed E-state index contributed by atoms with van der Waals surface area (Å²) in [4.78, 5) is 12.1. The molecule has 0 spiro atoms. The van der Waals surface area contributed by atoms with Gasteiger partial charge in [0.2, 0.25) is 0 Å². The Bertz CT molecular complexity index is 608. The van der Waals surface area contributed by atoms with E-state index in [4.69, 9.17) is 4.74 Å². The molecule has 0 heterocycles. The van der Waals surface area contributed by atoms with Crippen LogP contribution in [-0.4, -0.2) is 12.5 Å². The molecule has 116 valence electrons. The first-order valence-electron chi connectivity index (χ1n) is 7.32. The normalized spacial score (nSPS) is 11.8. The molecule has 0 radical (unpaired) electrons. The van der Waals surface area contributed by atoms with Crippen LogP contribution in [-0.2, 0) is 4.79 Å². The molecule has 0 fully saturated rings. The third-order valence-electron chi connectivity index (χ3n) is 3.41. The van der Waals surface area contributed by atoms with Crippen molar-refractivity contribution in [2.45, 2.75) is 26.3 Å². The Labute approximate surface area is 145 Å². The van der Waals surface area contributed by atoms with Crippen molar-refractivity contribution >= 4 is 28.5 Å². The number of carbonyl (C=O) groups excluding carboxylic acids is 1. The highest BCUT2D eigenvalue weighted by atomic mass is 127. The molecular weight excluding hydrogens is 389 g/mol. The molecule has 22 heavy (non-hydrogen) atoms. The maximum atomic E-state index is 12.1. The van der Waals surface area contributed by atoms with Crippen molar-refractivity contribution in [2.24, 2.45) is 0 Å². The highest BCUT2D eigenvalue weighted by Crippen LogP contribution is 2.17. The van der Waals surface area contributed by atoms with E-state index in [1.165, 1.54) is 5.56 Å². The van der Waals surface area contributed by atoms with Crippen LogP contribution in [0.1, 0.15) is 30.5 Å². The predicted molar refractivity (Wildman–Crippen MR) is 97.0 cm³/mol. The van der Waals surface area contributed by atoms with Gasteiger partial charge in [0, 0.05) is 3.57 Å². The van der Waals surface area contributed by atoms with Crippen LogP contribution in [0.2, 0.25) is 0 Å². The lowest BCUT2D eigenvalue weighted by Crippen LogP contribution is -2.32. The first-order valence-corrected chi connectivity index (χ1v) is 8.40. The van der Waals surface area contributed by atoms with Crippen LogP contribution in [0.5, 0.6) is 5.75 Å². The number of benzene rings is 2. The summed E-state index contributed by atoms with van der Waals surface area (Å²) in [6.45, 7) is 4.14. The number of hydrogen-bond acceptors (Lipinski definition) is 2. The molecule has 0 bridgehead atoms. The quantitative estimate of drug-likeness (QED) is 0.725. The van der Waals surface area contributed by atoms with Crippen molar-refractivity contribution in [1.29, 1.82) is 0 Å². The molecule has 1 amide bonds. The zero-order valence-electron chi connectivity index (χ0n) is 12.8. The summed E-state index contributed by atoms with van der Waals surface area (Å²) in [7, 11) is 0. The summed E-state index contributed by atoms with van der Waals surface area (Å²) >= 11 is 2.23. The van der Waals surface area contributed by atoms with E-state index in [9.17, 15) is 4.79 Å². The smallest absolute Gasteiger partial charge is 0.258 e. The minimum atomic E-state index is -0.106. The molecule has 0 aliphatic rings. The second-order valence-corrected chi connectivity index (χ2v) is 6.43. The van der Waals surface area contributed by atoms with Gasteiger partial charge in [-0.2, -0.15) is 0 Å². The van der Waals surface area contributed by atoms with Gasteiger partial charge in [-0.15, -0.1) is 0 Å². The molecule has 2 aromatic rings. The van der Waals surface area contributed by atoms with E-state index in [2.05, 4.69) is 66.0 Å². The third kappa shape index (κ3) is 5.02. The van der Waals surface area contributed by atoms with E-state index in [0.717, 1.165) is 15.6 Å². The molecule has 4 heteroatoms. The maximum absolute atomic E-state index is 12.1. The van der Waals surface area contributed by atoms with Gasteiger partial charge in [0.05, 0.1) is 6.04 Å². The van der Waals surface area contributed by atoms with Crippen molar-refractivity contribution in [3.63, 3.8) is 0 Å². The van der Waals surface area contributed by atoms with Gasteiger partial charge in [0.1, 0.15) is 5.75 Å². The van der Waals surface area contributed by atoms with Crippen molar-refractivity contribution < 1.29 is 9.53 Å². The molecule has 0 aliphatic carbocycles. The summed E-state index contributed by atoms with van der Waals surface area (Å²) < 4.78 is 6.65. The average molecular weight is 409 g/mol. The Morgan fingerprint density at radius 2 is 1.77 bits per heavy atom. The predicted octanol–water partition coefficient (Wildman–Crippen LogP) is 4.25. The van der Waals surface area contributed by atoms with Crippen molar-refractivity contribution in [3.05, 3.63) is 63.2 Å². The Morgan fingerprint density at radius 1 is 1.14 bits per heavy atom. The van der Waals surface area contributed by atoms with E-state index in [-0.39, 0.29) is 18.6 Å². The molecular formula is C18H20INO2. The van der Waals surface area contributed by atoms with Gasteiger partial charge in [-0.3, -0.25) is 4.79 Å². The number of aryl methyl sites for hydroxylation is 1. The highest BCUT2D eigenvalue weighted by Gasteiger charge is 2.13. The number of amides is 1. The first-order chi connectivity index (χ1) is 10.6. The molecule has 0 saturated heterocycles. The molecule has 2 aromatic carbocycles. The van der Waals surface area contributed by atoms with Crippen LogP contribution in [0.3, 0.4) is 0 Å². The van der Waals surface area contributed by atoms with Gasteiger partial charge in [0.15, 0.2) is 6.61 Å². The largest absolute Gasteiger partial charge is 0.484 e. The Balaban J connectivity index is 1.89. The molecule has 0 aromatic heterocycles. The fraction of sp³-hybridized carbons (Fsp3) is 0.278. The maximum Gasteiger partial charge on any atom is 0.258 e. The fourth-order valence-electron chi connectivity index (χ4n) is 2.14. The van der Waals surface area contributed by atoms with Crippen LogP contribution in [0.15, 0.2) is 48.5 Å². The van der Waals surface area contributed by atoms with Gasteiger partial charge in [-0.1, -0.05) is 36.8 Å². The second kappa shape index (κ2) is 8.17. The Kier molecular flexibility index (Phi) is 6.24. The van der Waals surface area contributed by atoms with E-state index < -0.39 is 0 Å². The molecule has 2 rings (SSSR count). The molecule has 1 N–H and O–H groups in total. The van der Waals surface area contributed by atoms with Gasteiger partial charge < -0.3 is 10.1 Å². The summed E-state index contributed by atoms with van der Waals surface area (Å²) in [5.74, 6) is 0.602. The average Bonchev–Trinajstić information content (AvgIpc) is 2.53. The Morgan fingerprint density at radius 3 is 2.36 bits per heavy atom. The Hall–Kier alpha value is -1.56. The lowest BCUT2D eigenvalue weighted by atomic mass is 10.0. The first kappa shape index (κ1) is 16.8. The molecule has 1 atom stereocenters. The molecule has 0 saturated carbocycles. The number of carbonyl (C=O) groups is 1. The summed E-state index contributed by atoms with van der Waals surface area (Å²) in [6, 6.07) is 15.9. The zero-order valence-corrected chi connectivity index (χ0v) is 15.0. The van der Waals surface area contributed by atoms with E-state index >= 15 is 0 Å². The number of ether oxygens (including phenoxy) is 1. The third-order valence-corrected chi connectivity index (χ3v) is 4.13. The highest BCUT2D eigenvalue weighted by molar-refractivity contribution is 14.1. The van der Waals surface area contributed by atoms with Gasteiger partial charge in [-0.25, -0.2) is 0 Å². The van der Waals surface area contributed by atoms with Gasteiger partial charge >= 0.3 is 0 Å². The van der Waals surface area contributed by atoms with Crippen molar-refractivity contribution in [1.82, 2.24) is 5.32 Å². The zero-order chi connectivity index (χ0) is 15.9. The molecule has 0 aliphatic heterocycles. The lowest BCUT2D eigenvalue weighted by molar-refractivity contribution is -0.123. The van der Waals surface area contributed by atoms with Crippen LogP contribution < -0.4 is 10.1 Å². The van der Waals surface area contributed by atoms with Crippen molar-refractivity contribution in [2.75, 3.05) is 6.61 Å². The summed E-state index contributed by atoms with van der Waals surface area (Å²) in [5, 5.41) is 3.02. The van der Waals surface area contributed by atoms with E-state index in [1.807, 2.05) is 24.3 Å². The second-order valence-electron chi connectivity index (χ2n) is 5.18. The lowest BCUT2D eigenvalue weighted by Gasteiger charge is -2.18. The number of nitrogens with one attached hydrogen (secondary N) is 1. The van der Waals surface area contributed by atoms with Gasteiger partial charge in [0.25, 0.3) is 5.91 Å². The number of rotatable bonds is 6. The van der Waals surface area contributed by atoms with Crippen LogP contribution in [0, 0.1) is 10.5 Å². The standard InChI is InChI=1S/C18H20INO2/c1-3-17(14-6-4-13(2)5-7-14)20-18(21)12-22-16-10-8-15(19)9-11-16/h4-11,17H,3,12H2,1-2H3,(H,20,21)/t17-/m0/s1. The fourth-order valence-corrected chi connectivity index (χ4v) is 2.50. The minimum absolute atomic E-state index is 0.0217. The summed E-state index contributed by atoms with van der Waals surface area (Å²) in [5.41, 5.74) is 2.34. The van der Waals surface area contributed by atoms with Crippen molar-refractivity contribution in [3.8, 4) is 5.75 Å². The topological polar surface area (TPSA) is 38.3 Å². The van der Waals surface area contributed by atoms with Crippen LogP contribution in [0.4, 0.5) is 0 Å². The SMILES string of the molecule is CC[C@H](NC(=O)COc1ccc(I)cc1)c1ccc(C)cc1. The number of halogens is 1. The minimum Gasteiger partial charge on any atom is -0.484 e. The van der Waals surface area contributed by atoms with E-state index in [0.29, 0.717) is 5.75 Å². The molecule has 3 nitrogen and oxygen atoms in total. The van der Waals surface area contributed by atoms with Gasteiger partial charge in [-0.05, 0) is 65.8 Å². The monoisotopic (exact) mass is 409 g/mol. The van der Waals surface area contributed by atoms with Crippen LogP contribution in [0.25, 0.3) is 0 Å².